The lowest BCUT2D eigenvalue weighted by atomic mass is 10.0. The van der Waals surface area contributed by atoms with Gasteiger partial charge >= 0.3 is 0 Å². The Morgan fingerprint density at radius 3 is 2.77 bits per heavy atom. The van der Waals surface area contributed by atoms with Gasteiger partial charge in [0.2, 0.25) is 0 Å². The Labute approximate surface area is 84.7 Å². The minimum absolute atomic E-state index is 0.195. The zero-order chi connectivity index (χ0) is 9.84. The summed E-state index contributed by atoms with van der Waals surface area (Å²) in [4.78, 5) is 0. The van der Waals surface area contributed by atoms with Gasteiger partial charge in [0.05, 0.1) is 11.6 Å². The van der Waals surface area contributed by atoms with Crippen molar-refractivity contribution in [2.45, 2.75) is 19.8 Å². The molecule has 0 bridgehead atoms. The van der Waals surface area contributed by atoms with Crippen molar-refractivity contribution < 1.29 is 4.74 Å². The third-order valence-corrected chi connectivity index (χ3v) is 2.11. The minimum Gasteiger partial charge on any atom is -0.492 e. The van der Waals surface area contributed by atoms with Crippen LogP contribution in [0, 0.1) is 6.92 Å². The van der Waals surface area contributed by atoms with Crippen LogP contribution in [0.15, 0.2) is 18.2 Å². The standard InChI is InChI=1S/C11H14ClO/c1-4-13-11-9(8(2)3)6-5-7-10(11)12/h5-8H,2,4H2,1,3H3. The molecule has 0 aliphatic rings. The van der Waals surface area contributed by atoms with E-state index >= 15 is 0 Å². The normalized spacial score (nSPS) is 10.5. The van der Waals surface area contributed by atoms with Crippen LogP contribution in [0.3, 0.4) is 0 Å². The Balaban J connectivity index is 3.09. The lowest BCUT2D eigenvalue weighted by molar-refractivity contribution is 0.336. The highest BCUT2D eigenvalue weighted by molar-refractivity contribution is 6.32. The van der Waals surface area contributed by atoms with Gasteiger partial charge in [0.15, 0.2) is 0 Å². The van der Waals surface area contributed by atoms with Gasteiger partial charge in [0.25, 0.3) is 0 Å². The fourth-order valence-corrected chi connectivity index (χ4v) is 1.45. The molecule has 1 rings (SSSR count). The number of halogens is 1. The molecule has 1 atom stereocenters. The molecule has 1 aromatic carbocycles. The molecule has 1 radical (unpaired) electrons. The highest BCUT2D eigenvalue weighted by atomic mass is 35.5. The molecule has 0 fully saturated rings. The first-order valence-electron chi connectivity index (χ1n) is 4.41. The monoisotopic (exact) mass is 197 g/mol. The van der Waals surface area contributed by atoms with Gasteiger partial charge in [0, 0.05) is 0 Å². The highest BCUT2D eigenvalue weighted by Crippen LogP contribution is 2.33. The summed E-state index contributed by atoms with van der Waals surface area (Å²) in [7, 11) is 0. The quantitative estimate of drug-likeness (QED) is 0.719. The van der Waals surface area contributed by atoms with Crippen LogP contribution in [0.4, 0.5) is 0 Å². The smallest absolute Gasteiger partial charge is 0.141 e. The first-order valence-corrected chi connectivity index (χ1v) is 4.79. The van der Waals surface area contributed by atoms with Gasteiger partial charge in [-0.25, -0.2) is 0 Å². The summed E-state index contributed by atoms with van der Waals surface area (Å²) in [5, 5.41) is 0.662. The van der Waals surface area contributed by atoms with Crippen LogP contribution < -0.4 is 4.74 Å². The largest absolute Gasteiger partial charge is 0.492 e. The van der Waals surface area contributed by atoms with E-state index < -0.39 is 0 Å². The van der Waals surface area contributed by atoms with E-state index in [2.05, 4.69) is 6.92 Å². The van der Waals surface area contributed by atoms with E-state index in [1.807, 2.05) is 32.0 Å². The van der Waals surface area contributed by atoms with Gasteiger partial charge < -0.3 is 4.74 Å². The van der Waals surface area contributed by atoms with Gasteiger partial charge in [-0.15, -0.1) is 0 Å². The Morgan fingerprint density at radius 1 is 1.54 bits per heavy atom. The van der Waals surface area contributed by atoms with Crippen LogP contribution in [0.1, 0.15) is 25.3 Å². The third kappa shape index (κ3) is 2.38. The second kappa shape index (κ2) is 4.52. The average Bonchev–Trinajstić information content (AvgIpc) is 2.08. The molecule has 0 N–H and O–H groups in total. The number of ether oxygens (including phenoxy) is 1. The van der Waals surface area contributed by atoms with Crippen molar-refractivity contribution in [3.8, 4) is 5.75 Å². The summed E-state index contributed by atoms with van der Waals surface area (Å²) >= 11 is 6.00. The molecule has 0 aliphatic heterocycles. The fourth-order valence-electron chi connectivity index (χ4n) is 1.21. The van der Waals surface area contributed by atoms with E-state index in [1.165, 1.54) is 0 Å². The summed E-state index contributed by atoms with van der Waals surface area (Å²) in [6.45, 7) is 8.55. The molecule has 2 heteroatoms. The Hall–Kier alpha value is -0.690. The first-order chi connectivity index (χ1) is 6.16. The predicted molar refractivity (Wildman–Crippen MR) is 56.4 cm³/mol. The van der Waals surface area contributed by atoms with E-state index in [4.69, 9.17) is 16.3 Å². The van der Waals surface area contributed by atoms with Crippen LogP contribution in [0.25, 0.3) is 0 Å². The zero-order valence-electron chi connectivity index (χ0n) is 8.01. The number of para-hydroxylation sites is 1. The van der Waals surface area contributed by atoms with Gasteiger partial charge in [-0.1, -0.05) is 30.7 Å². The van der Waals surface area contributed by atoms with Gasteiger partial charge in [-0.3, -0.25) is 0 Å². The van der Waals surface area contributed by atoms with Crippen LogP contribution in [-0.2, 0) is 0 Å². The van der Waals surface area contributed by atoms with Gasteiger partial charge in [-0.2, -0.15) is 0 Å². The average molecular weight is 198 g/mol. The summed E-state index contributed by atoms with van der Waals surface area (Å²) in [5.41, 5.74) is 1.06. The van der Waals surface area contributed by atoms with E-state index in [-0.39, 0.29) is 5.92 Å². The maximum Gasteiger partial charge on any atom is 0.141 e. The maximum atomic E-state index is 6.00. The molecular formula is C11H14ClO. The molecule has 1 nitrogen and oxygen atoms in total. The number of hydrogen-bond acceptors (Lipinski definition) is 1. The maximum absolute atomic E-state index is 6.00. The van der Waals surface area contributed by atoms with Crippen molar-refractivity contribution in [1.82, 2.24) is 0 Å². The third-order valence-electron chi connectivity index (χ3n) is 1.82. The van der Waals surface area contributed by atoms with Crippen molar-refractivity contribution in [3.05, 3.63) is 35.7 Å². The molecule has 0 saturated heterocycles. The van der Waals surface area contributed by atoms with Gasteiger partial charge in [-0.05, 0) is 31.4 Å². The van der Waals surface area contributed by atoms with Gasteiger partial charge in [0.1, 0.15) is 5.75 Å². The van der Waals surface area contributed by atoms with Crippen LogP contribution in [-0.4, -0.2) is 6.61 Å². The molecule has 0 amide bonds. The van der Waals surface area contributed by atoms with E-state index in [1.54, 1.807) is 0 Å². The lowest BCUT2D eigenvalue weighted by Gasteiger charge is -2.13. The van der Waals surface area contributed by atoms with E-state index in [9.17, 15) is 0 Å². The summed E-state index contributed by atoms with van der Waals surface area (Å²) in [5.74, 6) is 0.967. The number of benzene rings is 1. The molecule has 1 aromatic rings. The first kappa shape index (κ1) is 10.4. The van der Waals surface area contributed by atoms with Crippen LogP contribution >= 0.6 is 11.6 Å². The molecular weight excluding hydrogens is 184 g/mol. The molecule has 13 heavy (non-hydrogen) atoms. The SMILES string of the molecule is [CH2]C(C)c1cccc(Cl)c1OCC. The Kier molecular flexibility index (Phi) is 3.61. The molecule has 0 aromatic heterocycles. The molecule has 0 spiro atoms. The molecule has 0 aliphatic carbocycles. The van der Waals surface area contributed by atoms with E-state index in [0.29, 0.717) is 11.6 Å². The number of rotatable bonds is 3. The Bertz CT molecular complexity index is 281. The molecule has 1 unspecified atom stereocenters. The van der Waals surface area contributed by atoms with Crippen LogP contribution in [0.2, 0.25) is 5.02 Å². The summed E-state index contributed by atoms with van der Waals surface area (Å²) < 4.78 is 5.46. The van der Waals surface area contributed by atoms with Crippen molar-refractivity contribution in [1.29, 1.82) is 0 Å². The molecule has 0 heterocycles. The lowest BCUT2D eigenvalue weighted by Crippen LogP contribution is -1.98. The zero-order valence-corrected chi connectivity index (χ0v) is 8.77. The molecule has 71 valence electrons. The Morgan fingerprint density at radius 2 is 2.23 bits per heavy atom. The highest BCUT2D eigenvalue weighted by Gasteiger charge is 2.10. The summed E-state index contributed by atoms with van der Waals surface area (Å²) in [6, 6.07) is 5.74. The fraction of sp³-hybridized carbons (Fsp3) is 0.364. The predicted octanol–water partition coefficient (Wildman–Crippen LogP) is 3.68. The van der Waals surface area contributed by atoms with Crippen molar-refractivity contribution >= 4 is 11.6 Å². The summed E-state index contributed by atoms with van der Waals surface area (Å²) in [6.07, 6.45) is 0. The minimum atomic E-state index is 0.195. The number of hydrogen-bond donors (Lipinski definition) is 0. The second-order valence-electron chi connectivity index (χ2n) is 2.99. The van der Waals surface area contributed by atoms with Crippen molar-refractivity contribution in [2.75, 3.05) is 6.61 Å². The van der Waals surface area contributed by atoms with Crippen LogP contribution in [0.5, 0.6) is 5.75 Å². The topological polar surface area (TPSA) is 9.23 Å². The van der Waals surface area contributed by atoms with E-state index in [0.717, 1.165) is 11.3 Å². The molecule has 0 saturated carbocycles. The van der Waals surface area contributed by atoms with Crippen molar-refractivity contribution in [2.24, 2.45) is 0 Å². The second-order valence-corrected chi connectivity index (χ2v) is 3.40. The van der Waals surface area contributed by atoms with Crippen molar-refractivity contribution in [3.63, 3.8) is 0 Å².